The second-order valence-electron chi connectivity index (χ2n) is 4.56. The minimum Gasteiger partial charge on any atom is -0.379 e. The van der Waals surface area contributed by atoms with Crippen molar-refractivity contribution in [3.8, 4) is 0 Å². The molecule has 2 fully saturated rings. The number of rotatable bonds is 5. The van der Waals surface area contributed by atoms with Gasteiger partial charge in [-0.15, -0.1) is 12.4 Å². The maximum atomic E-state index is 11.5. The molecular formula is C11H21ClN2O2. The van der Waals surface area contributed by atoms with Gasteiger partial charge in [0, 0.05) is 6.61 Å². The van der Waals surface area contributed by atoms with Gasteiger partial charge in [0.05, 0.1) is 19.2 Å². The molecule has 4 nitrogen and oxygen atoms in total. The van der Waals surface area contributed by atoms with Gasteiger partial charge < -0.3 is 15.4 Å². The van der Waals surface area contributed by atoms with E-state index >= 15 is 0 Å². The van der Waals surface area contributed by atoms with Crippen molar-refractivity contribution < 1.29 is 9.53 Å². The van der Waals surface area contributed by atoms with Crippen molar-refractivity contribution in [3.05, 3.63) is 0 Å². The van der Waals surface area contributed by atoms with E-state index in [0.717, 1.165) is 31.9 Å². The average molecular weight is 249 g/mol. The van der Waals surface area contributed by atoms with Gasteiger partial charge in [0.2, 0.25) is 5.91 Å². The zero-order valence-corrected chi connectivity index (χ0v) is 10.4. The number of amides is 1. The molecule has 5 heteroatoms. The molecule has 0 spiro atoms. The van der Waals surface area contributed by atoms with Crippen molar-refractivity contribution in [2.45, 2.75) is 31.7 Å². The molecule has 0 aromatic rings. The van der Waals surface area contributed by atoms with Crippen molar-refractivity contribution in [2.75, 3.05) is 26.3 Å². The third-order valence-electron chi connectivity index (χ3n) is 2.94. The van der Waals surface area contributed by atoms with E-state index in [4.69, 9.17) is 4.74 Å². The van der Waals surface area contributed by atoms with Gasteiger partial charge in [-0.1, -0.05) is 0 Å². The molecule has 2 N–H and O–H groups in total. The van der Waals surface area contributed by atoms with Crippen LogP contribution in [0.1, 0.15) is 25.7 Å². The molecular weight excluding hydrogens is 228 g/mol. The zero-order valence-electron chi connectivity index (χ0n) is 9.54. The summed E-state index contributed by atoms with van der Waals surface area (Å²) in [6.07, 6.45) is 4.75. The van der Waals surface area contributed by atoms with Crippen molar-refractivity contribution in [3.63, 3.8) is 0 Å². The Morgan fingerprint density at radius 2 is 2.12 bits per heavy atom. The fourth-order valence-corrected chi connectivity index (χ4v) is 1.85. The molecule has 1 heterocycles. The molecule has 16 heavy (non-hydrogen) atoms. The fourth-order valence-electron chi connectivity index (χ4n) is 1.85. The van der Waals surface area contributed by atoms with E-state index in [1.807, 2.05) is 0 Å². The van der Waals surface area contributed by atoms with Crippen LogP contribution < -0.4 is 10.6 Å². The summed E-state index contributed by atoms with van der Waals surface area (Å²) in [6.45, 7) is 2.96. The number of carbonyl (C=O) groups is 1. The molecule has 0 aromatic carbocycles. The van der Waals surface area contributed by atoms with Crippen LogP contribution >= 0.6 is 12.4 Å². The monoisotopic (exact) mass is 248 g/mol. The van der Waals surface area contributed by atoms with Crippen molar-refractivity contribution >= 4 is 18.3 Å². The highest BCUT2D eigenvalue weighted by molar-refractivity contribution is 5.85. The van der Waals surface area contributed by atoms with Crippen molar-refractivity contribution in [2.24, 2.45) is 5.92 Å². The molecule has 1 aliphatic heterocycles. The Kier molecular flexibility index (Phi) is 6.09. The van der Waals surface area contributed by atoms with Crippen LogP contribution in [0.15, 0.2) is 0 Å². The minimum atomic E-state index is 0. The van der Waals surface area contributed by atoms with Crippen molar-refractivity contribution in [1.82, 2.24) is 10.6 Å². The summed E-state index contributed by atoms with van der Waals surface area (Å²) in [5, 5.41) is 6.17. The normalized spacial score (nSPS) is 24.6. The molecule has 2 aliphatic rings. The molecule has 1 amide bonds. The third-order valence-corrected chi connectivity index (χ3v) is 2.94. The smallest absolute Gasteiger partial charge is 0.234 e. The summed E-state index contributed by atoms with van der Waals surface area (Å²) in [5.41, 5.74) is 0. The Labute approximate surface area is 103 Å². The average Bonchev–Trinajstić information content (AvgIpc) is 3.03. The van der Waals surface area contributed by atoms with E-state index in [2.05, 4.69) is 10.6 Å². The summed E-state index contributed by atoms with van der Waals surface area (Å²) >= 11 is 0. The van der Waals surface area contributed by atoms with Gasteiger partial charge in [0.15, 0.2) is 0 Å². The molecule has 0 bridgehead atoms. The Morgan fingerprint density at radius 3 is 2.75 bits per heavy atom. The predicted molar refractivity (Wildman–Crippen MR) is 64.8 cm³/mol. The first-order chi connectivity index (χ1) is 7.34. The first-order valence-corrected chi connectivity index (χ1v) is 5.92. The lowest BCUT2D eigenvalue weighted by Crippen LogP contribution is -2.44. The third kappa shape index (κ3) is 5.14. The lowest BCUT2D eigenvalue weighted by atomic mass is 10.1. The first kappa shape index (κ1) is 13.7. The van der Waals surface area contributed by atoms with Crippen LogP contribution in [-0.4, -0.2) is 38.3 Å². The second-order valence-corrected chi connectivity index (χ2v) is 4.56. The van der Waals surface area contributed by atoms with E-state index in [9.17, 15) is 4.79 Å². The quantitative estimate of drug-likeness (QED) is 0.753. The summed E-state index contributed by atoms with van der Waals surface area (Å²) in [4.78, 5) is 11.5. The molecule has 0 aromatic heterocycles. The van der Waals surface area contributed by atoms with E-state index in [1.54, 1.807) is 0 Å². The van der Waals surface area contributed by atoms with E-state index in [0.29, 0.717) is 13.2 Å². The zero-order chi connectivity index (χ0) is 10.5. The van der Waals surface area contributed by atoms with E-state index < -0.39 is 0 Å². The standard InChI is InChI=1S/C11H20N2O2.ClH/c14-11(7-12-6-9-3-4-9)13-10-2-1-5-15-8-10;/h9-10,12H,1-8H2,(H,13,14);1H. The van der Waals surface area contributed by atoms with Crippen LogP contribution in [0, 0.1) is 5.92 Å². The molecule has 1 aliphatic carbocycles. The van der Waals surface area contributed by atoms with Gasteiger partial charge in [-0.05, 0) is 38.1 Å². The number of nitrogens with one attached hydrogen (secondary N) is 2. The largest absolute Gasteiger partial charge is 0.379 e. The highest BCUT2D eigenvalue weighted by atomic mass is 35.5. The summed E-state index contributed by atoms with van der Waals surface area (Å²) in [7, 11) is 0. The Balaban J connectivity index is 0.00000128. The Morgan fingerprint density at radius 1 is 1.31 bits per heavy atom. The second kappa shape index (κ2) is 7.09. The van der Waals surface area contributed by atoms with Crippen LogP contribution in [0.4, 0.5) is 0 Å². The highest BCUT2D eigenvalue weighted by Crippen LogP contribution is 2.27. The number of carbonyl (C=O) groups excluding carboxylic acids is 1. The number of halogens is 1. The maximum absolute atomic E-state index is 11.5. The number of hydrogen-bond donors (Lipinski definition) is 2. The molecule has 1 saturated carbocycles. The summed E-state index contributed by atoms with van der Waals surface area (Å²) in [5.74, 6) is 0.932. The number of ether oxygens (including phenoxy) is 1. The first-order valence-electron chi connectivity index (χ1n) is 5.92. The minimum absolute atomic E-state index is 0. The Bertz CT molecular complexity index is 216. The predicted octanol–water partition coefficient (Wildman–Crippen LogP) is 0.703. The molecule has 94 valence electrons. The summed E-state index contributed by atoms with van der Waals surface area (Å²) in [6, 6.07) is 0.231. The molecule has 1 atom stereocenters. The maximum Gasteiger partial charge on any atom is 0.234 e. The van der Waals surface area contributed by atoms with Gasteiger partial charge in [0.1, 0.15) is 0 Å². The van der Waals surface area contributed by atoms with Gasteiger partial charge in [-0.25, -0.2) is 0 Å². The molecule has 1 unspecified atom stereocenters. The highest BCUT2D eigenvalue weighted by Gasteiger charge is 2.21. The molecule has 1 saturated heterocycles. The van der Waals surface area contributed by atoms with Gasteiger partial charge in [0.25, 0.3) is 0 Å². The number of hydrogen-bond acceptors (Lipinski definition) is 3. The van der Waals surface area contributed by atoms with Crippen LogP contribution in [0.25, 0.3) is 0 Å². The summed E-state index contributed by atoms with van der Waals surface area (Å²) < 4.78 is 5.30. The molecule has 0 radical (unpaired) electrons. The lowest BCUT2D eigenvalue weighted by Gasteiger charge is -2.23. The van der Waals surface area contributed by atoms with Crippen LogP contribution in [-0.2, 0) is 9.53 Å². The van der Waals surface area contributed by atoms with Crippen LogP contribution in [0.2, 0.25) is 0 Å². The van der Waals surface area contributed by atoms with Crippen molar-refractivity contribution in [1.29, 1.82) is 0 Å². The SMILES string of the molecule is Cl.O=C(CNCC1CC1)NC1CCCOC1. The lowest BCUT2D eigenvalue weighted by molar-refractivity contribution is -0.121. The Hall–Kier alpha value is -0.320. The van der Waals surface area contributed by atoms with E-state index in [1.165, 1.54) is 12.8 Å². The molecule has 2 rings (SSSR count). The van der Waals surface area contributed by atoms with Gasteiger partial charge >= 0.3 is 0 Å². The van der Waals surface area contributed by atoms with Gasteiger partial charge in [-0.2, -0.15) is 0 Å². The van der Waals surface area contributed by atoms with Crippen LogP contribution in [0.5, 0.6) is 0 Å². The van der Waals surface area contributed by atoms with Crippen LogP contribution in [0.3, 0.4) is 0 Å². The fraction of sp³-hybridized carbons (Fsp3) is 0.909. The van der Waals surface area contributed by atoms with Gasteiger partial charge in [-0.3, -0.25) is 4.79 Å². The van der Waals surface area contributed by atoms with E-state index in [-0.39, 0.29) is 24.4 Å². The topological polar surface area (TPSA) is 50.4 Å².